The molecule has 1 aromatic heterocycles. The summed E-state index contributed by atoms with van der Waals surface area (Å²) in [5.41, 5.74) is 1.96. The molecule has 0 saturated carbocycles. The molecule has 0 atom stereocenters. The van der Waals surface area contributed by atoms with Crippen molar-refractivity contribution in [2.24, 2.45) is 0 Å². The van der Waals surface area contributed by atoms with Crippen LogP contribution in [0.1, 0.15) is 17.3 Å². The maximum absolute atomic E-state index is 12.5. The average Bonchev–Trinajstić information content (AvgIpc) is 3.06. The Hall–Kier alpha value is -2.18. The van der Waals surface area contributed by atoms with Crippen LogP contribution in [-0.2, 0) is 6.54 Å². The van der Waals surface area contributed by atoms with Crippen molar-refractivity contribution in [3.63, 3.8) is 0 Å². The Bertz CT molecular complexity index is 894. The Morgan fingerprint density at radius 2 is 2.12 bits per heavy atom. The maximum atomic E-state index is 12.5. The minimum absolute atomic E-state index is 0.268. The number of nitrogens with zero attached hydrogens (tertiary/aromatic N) is 3. The number of anilines is 1. The highest BCUT2D eigenvalue weighted by atomic mass is 79.9. The van der Waals surface area contributed by atoms with Crippen LogP contribution < -0.4 is 5.32 Å². The molecular formula is C17H14BrClN4O. The lowest BCUT2D eigenvalue weighted by atomic mass is 10.1. The Balaban J connectivity index is 1.87. The molecule has 122 valence electrons. The quantitative estimate of drug-likeness (QED) is 0.688. The molecule has 1 amide bonds. The van der Waals surface area contributed by atoms with Gasteiger partial charge < -0.3 is 9.88 Å². The van der Waals surface area contributed by atoms with E-state index in [-0.39, 0.29) is 5.91 Å². The fourth-order valence-electron chi connectivity index (χ4n) is 2.32. The van der Waals surface area contributed by atoms with Crippen molar-refractivity contribution in [2.45, 2.75) is 13.5 Å². The van der Waals surface area contributed by atoms with Gasteiger partial charge in [-0.3, -0.25) is 4.79 Å². The molecule has 0 saturated heterocycles. The van der Waals surface area contributed by atoms with Gasteiger partial charge >= 0.3 is 0 Å². The summed E-state index contributed by atoms with van der Waals surface area (Å²) in [7, 11) is 0. The Morgan fingerprint density at radius 1 is 1.29 bits per heavy atom. The minimum atomic E-state index is -0.268. The average molecular weight is 406 g/mol. The normalized spacial score (nSPS) is 10.6. The van der Waals surface area contributed by atoms with Crippen LogP contribution in [0.25, 0.3) is 11.4 Å². The summed E-state index contributed by atoms with van der Waals surface area (Å²) in [5, 5.41) is 11.3. The van der Waals surface area contributed by atoms with Crippen LogP contribution in [0.3, 0.4) is 0 Å². The van der Waals surface area contributed by atoms with E-state index in [0.29, 0.717) is 16.3 Å². The molecule has 0 bridgehead atoms. The van der Waals surface area contributed by atoms with Crippen LogP contribution in [0, 0.1) is 0 Å². The molecule has 3 rings (SSSR count). The summed E-state index contributed by atoms with van der Waals surface area (Å²) in [4.78, 5) is 12.5. The highest BCUT2D eigenvalue weighted by Crippen LogP contribution is 2.24. The predicted molar refractivity (Wildman–Crippen MR) is 98.2 cm³/mol. The van der Waals surface area contributed by atoms with Gasteiger partial charge in [-0.25, -0.2) is 0 Å². The zero-order valence-corrected chi connectivity index (χ0v) is 15.2. The number of aryl methyl sites for hydroxylation is 1. The first-order valence-electron chi connectivity index (χ1n) is 7.33. The topological polar surface area (TPSA) is 59.8 Å². The molecule has 0 aliphatic heterocycles. The smallest absolute Gasteiger partial charge is 0.257 e. The van der Waals surface area contributed by atoms with E-state index in [1.807, 2.05) is 35.8 Å². The zero-order chi connectivity index (χ0) is 17.1. The molecule has 24 heavy (non-hydrogen) atoms. The van der Waals surface area contributed by atoms with E-state index < -0.39 is 0 Å². The maximum Gasteiger partial charge on any atom is 0.257 e. The summed E-state index contributed by atoms with van der Waals surface area (Å²) in [6.45, 7) is 2.79. The van der Waals surface area contributed by atoms with Gasteiger partial charge in [0.1, 0.15) is 6.33 Å². The molecule has 0 aliphatic carbocycles. The molecule has 0 fully saturated rings. The first kappa shape index (κ1) is 16.7. The monoisotopic (exact) mass is 404 g/mol. The second-order valence-electron chi connectivity index (χ2n) is 5.10. The van der Waals surface area contributed by atoms with E-state index in [1.165, 1.54) is 0 Å². The van der Waals surface area contributed by atoms with Gasteiger partial charge in [-0.15, -0.1) is 10.2 Å². The third-order valence-electron chi connectivity index (χ3n) is 3.51. The number of benzene rings is 2. The van der Waals surface area contributed by atoms with Crippen molar-refractivity contribution in [3.8, 4) is 11.4 Å². The van der Waals surface area contributed by atoms with Crippen LogP contribution in [0.4, 0.5) is 5.69 Å². The minimum Gasteiger partial charge on any atom is -0.322 e. The molecule has 0 spiro atoms. The zero-order valence-electron chi connectivity index (χ0n) is 12.8. The summed E-state index contributed by atoms with van der Waals surface area (Å²) >= 11 is 9.45. The van der Waals surface area contributed by atoms with Crippen LogP contribution in [0.5, 0.6) is 0 Å². The molecule has 1 N–H and O–H groups in total. The molecule has 0 unspecified atom stereocenters. The number of hydrogen-bond acceptors (Lipinski definition) is 3. The number of rotatable bonds is 4. The first-order valence-corrected chi connectivity index (χ1v) is 8.50. The van der Waals surface area contributed by atoms with E-state index in [9.17, 15) is 4.79 Å². The van der Waals surface area contributed by atoms with Gasteiger partial charge in [0.05, 0.1) is 10.6 Å². The van der Waals surface area contributed by atoms with E-state index in [1.54, 1.807) is 24.5 Å². The molecule has 5 nitrogen and oxygen atoms in total. The second kappa shape index (κ2) is 7.15. The predicted octanol–water partition coefficient (Wildman–Crippen LogP) is 4.63. The number of carbonyl (C=O) groups excluding carboxylic acids is 1. The number of carbonyl (C=O) groups is 1. The lowest BCUT2D eigenvalue weighted by Gasteiger charge is -2.09. The second-order valence-corrected chi connectivity index (χ2v) is 6.42. The highest BCUT2D eigenvalue weighted by molar-refractivity contribution is 9.10. The van der Waals surface area contributed by atoms with E-state index in [2.05, 4.69) is 31.4 Å². The van der Waals surface area contributed by atoms with E-state index in [0.717, 1.165) is 22.4 Å². The van der Waals surface area contributed by atoms with Gasteiger partial charge in [0, 0.05) is 22.3 Å². The van der Waals surface area contributed by atoms with Crippen molar-refractivity contribution < 1.29 is 4.79 Å². The number of aromatic nitrogens is 3. The number of hydrogen-bond donors (Lipinski definition) is 1. The Kier molecular flexibility index (Phi) is 4.97. The summed E-state index contributed by atoms with van der Waals surface area (Å²) in [6, 6.07) is 12.6. The highest BCUT2D eigenvalue weighted by Gasteiger charge is 2.12. The molecule has 0 aliphatic rings. The largest absolute Gasteiger partial charge is 0.322 e. The van der Waals surface area contributed by atoms with Crippen LogP contribution in [0.2, 0.25) is 5.02 Å². The van der Waals surface area contributed by atoms with Gasteiger partial charge in [0.2, 0.25) is 0 Å². The number of halogens is 2. The van der Waals surface area contributed by atoms with Gasteiger partial charge in [-0.2, -0.15) is 0 Å². The van der Waals surface area contributed by atoms with Crippen LogP contribution in [0.15, 0.2) is 53.3 Å². The lowest BCUT2D eigenvalue weighted by molar-refractivity contribution is 0.102. The van der Waals surface area contributed by atoms with Crippen molar-refractivity contribution in [1.29, 1.82) is 0 Å². The van der Waals surface area contributed by atoms with Crippen LogP contribution >= 0.6 is 27.5 Å². The third-order valence-corrected chi connectivity index (χ3v) is 4.33. The lowest BCUT2D eigenvalue weighted by Crippen LogP contribution is -2.12. The van der Waals surface area contributed by atoms with Gasteiger partial charge in [0.15, 0.2) is 5.82 Å². The Morgan fingerprint density at radius 3 is 2.92 bits per heavy atom. The Labute approximate surface area is 152 Å². The molecule has 7 heteroatoms. The summed E-state index contributed by atoms with van der Waals surface area (Å²) in [6.07, 6.45) is 1.68. The number of nitrogens with one attached hydrogen (secondary N) is 1. The fraction of sp³-hybridized carbons (Fsp3) is 0.118. The molecule has 2 aromatic carbocycles. The fourth-order valence-corrected chi connectivity index (χ4v) is 2.88. The van der Waals surface area contributed by atoms with E-state index in [4.69, 9.17) is 11.6 Å². The third kappa shape index (κ3) is 3.49. The van der Waals surface area contributed by atoms with E-state index >= 15 is 0 Å². The SMILES string of the molecule is CCn1cnnc1-c1cccc(NC(=O)c2cc(Br)ccc2Cl)c1. The van der Waals surface area contributed by atoms with Crippen LogP contribution in [-0.4, -0.2) is 20.7 Å². The van der Waals surface area contributed by atoms with Gasteiger partial charge in [-0.05, 0) is 37.3 Å². The molecule has 0 radical (unpaired) electrons. The van der Waals surface area contributed by atoms with Gasteiger partial charge in [-0.1, -0.05) is 39.7 Å². The summed E-state index contributed by atoms with van der Waals surface area (Å²) in [5.74, 6) is 0.490. The first-order chi connectivity index (χ1) is 11.6. The molecule has 1 heterocycles. The van der Waals surface area contributed by atoms with Crippen molar-refractivity contribution in [1.82, 2.24) is 14.8 Å². The molecule has 3 aromatic rings. The van der Waals surface area contributed by atoms with Crippen molar-refractivity contribution in [2.75, 3.05) is 5.32 Å². The molecular weight excluding hydrogens is 392 g/mol. The standard InChI is InChI=1S/C17H14BrClN4O/c1-2-23-10-20-22-16(23)11-4-3-5-13(8-11)21-17(24)14-9-12(18)6-7-15(14)19/h3-10H,2H2,1H3,(H,21,24). The van der Waals surface area contributed by atoms with Crippen molar-refractivity contribution in [3.05, 3.63) is 63.9 Å². The van der Waals surface area contributed by atoms with Gasteiger partial charge in [0.25, 0.3) is 5.91 Å². The van der Waals surface area contributed by atoms with Crippen molar-refractivity contribution >= 4 is 39.1 Å². The summed E-state index contributed by atoms with van der Waals surface area (Å²) < 4.78 is 2.73. The number of amides is 1.